The van der Waals surface area contributed by atoms with E-state index >= 15 is 0 Å². The van der Waals surface area contributed by atoms with Crippen LogP contribution in [0.15, 0.2) is 34.2 Å². The van der Waals surface area contributed by atoms with Gasteiger partial charge in [-0.25, -0.2) is 4.98 Å². The van der Waals surface area contributed by atoms with E-state index in [-0.39, 0.29) is 18.1 Å². The number of fused-ring (bicyclic) bond motifs is 1. The molecule has 1 aromatic carbocycles. The number of aliphatic hydroxyl groups excluding tert-OH is 1. The third-order valence-corrected chi connectivity index (χ3v) is 5.88. The van der Waals surface area contributed by atoms with Crippen LogP contribution < -0.4 is 10.9 Å². The maximum atomic E-state index is 12.8. The van der Waals surface area contributed by atoms with E-state index in [0.717, 1.165) is 12.8 Å². The Hall–Kier alpha value is -1.86. The lowest BCUT2D eigenvalue weighted by atomic mass is 9.95. The number of rotatable bonds is 8. The molecule has 3 rings (SSSR count). The van der Waals surface area contributed by atoms with Gasteiger partial charge in [-0.05, 0) is 31.4 Å². The second kappa shape index (κ2) is 9.90. The molecule has 1 fully saturated rings. The largest absolute Gasteiger partial charge is 0.396 e. The van der Waals surface area contributed by atoms with Crippen LogP contribution in [0.4, 0.5) is 0 Å². The van der Waals surface area contributed by atoms with Crippen LogP contribution in [0.25, 0.3) is 10.9 Å². The van der Waals surface area contributed by atoms with Crippen molar-refractivity contribution in [2.45, 2.75) is 62.7 Å². The van der Waals surface area contributed by atoms with E-state index in [1.165, 1.54) is 31.0 Å². The monoisotopic (exact) mass is 389 g/mol. The zero-order valence-corrected chi connectivity index (χ0v) is 16.3. The van der Waals surface area contributed by atoms with Crippen molar-refractivity contribution >= 4 is 28.6 Å². The first-order valence-corrected chi connectivity index (χ1v) is 10.7. The third-order valence-electron chi connectivity index (χ3n) is 4.90. The van der Waals surface area contributed by atoms with Crippen LogP contribution in [0.5, 0.6) is 0 Å². The summed E-state index contributed by atoms with van der Waals surface area (Å²) in [6.07, 6.45) is 6.70. The first-order valence-electron chi connectivity index (χ1n) is 9.71. The van der Waals surface area contributed by atoms with Gasteiger partial charge in [0.2, 0.25) is 5.91 Å². The highest BCUT2D eigenvalue weighted by molar-refractivity contribution is 7.99. The summed E-state index contributed by atoms with van der Waals surface area (Å²) in [7, 11) is 0. The minimum absolute atomic E-state index is 0.0210. The minimum atomic E-state index is -0.0943. The number of benzene rings is 1. The number of aromatic nitrogens is 2. The standard InChI is InChI=1S/C20H27N3O3S/c24-13-6-12-23-19(26)16-9-4-5-10-17(16)22-20(23)27-14-11-18(25)21-15-7-2-1-3-8-15/h4-5,9-10,15,24H,1-3,6-8,11-14H2,(H,21,25). The predicted molar refractivity (Wildman–Crippen MR) is 108 cm³/mol. The maximum Gasteiger partial charge on any atom is 0.262 e. The van der Waals surface area contributed by atoms with E-state index < -0.39 is 0 Å². The van der Waals surface area contributed by atoms with Crippen molar-refractivity contribution in [2.75, 3.05) is 12.4 Å². The number of nitrogens with one attached hydrogen (secondary N) is 1. The van der Waals surface area contributed by atoms with Gasteiger partial charge in [-0.3, -0.25) is 14.2 Å². The fraction of sp³-hybridized carbons (Fsp3) is 0.550. The summed E-state index contributed by atoms with van der Waals surface area (Å²) < 4.78 is 1.61. The highest BCUT2D eigenvalue weighted by Crippen LogP contribution is 2.20. The van der Waals surface area contributed by atoms with Gasteiger partial charge in [0.25, 0.3) is 5.56 Å². The van der Waals surface area contributed by atoms with E-state index in [0.29, 0.717) is 47.2 Å². The van der Waals surface area contributed by atoms with Gasteiger partial charge in [0, 0.05) is 31.4 Å². The van der Waals surface area contributed by atoms with Crippen molar-refractivity contribution in [2.24, 2.45) is 0 Å². The fourth-order valence-corrected chi connectivity index (χ4v) is 4.43. The van der Waals surface area contributed by atoms with E-state index in [1.807, 2.05) is 18.2 Å². The first-order chi connectivity index (χ1) is 13.2. The molecule has 1 heterocycles. The Morgan fingerprint density at radius 2 is 2.04 bits per heavy atom. The number of carbonyl (C=O) groups is 1. The molecule has 27 heavy (non-hydrogen) atoms. The van der Waals surface area contributed by atoms with Crippen LogP contribution in [0.3, 0.4) is 0 Å². The molecule has 1 amide bonds. The van der Waals surface area contributed by atoms with Gasteiger partial charge in [-0.15, -0.1) is 0 Å². The zero-order valence-electron chi connectivity index (χ0n) is 15.5. The molecule has 1 saturated carbocycles. The number of amides is 1. The molecule has 0 unspecified atom stereocenters. The van der Waals surface area contributed by atoms with Gasteiger partial charge in [-0.1, -0.05) is 43.2 Å². The Labute approximate surface area is 163 Å². The Bertz CT molecular complexity index is 831. The van der Waals surface area contributed by atoms with E-state index in [1.54, 1.807) is 10.6 Å². The molecule has 0 bridgehead atoms. The molecule has 146 valence electrons. The van der Waals surface area contributed by atoms with Crippen LogP contribution in [0.1, 0.15) is 44.9 Å². The molecule has 7 heteroatoms. The molecule has 2 aromatic rings. The van der Waals surface area contributed by atoms with Gasteiger partial charge in [-0.2, -0.15) is 0 Å². The second-order valence-corrected chi connectivity index (χ2v) is 8.01. The zero-order chi connectivity index (χ0) is 19.1. The fourth-order valence-electron chi connectivity index (χ4n) is 3.47. The van der Waals surface area contributed by atoms with E-state index in [9.17, 15) is 9.59 Å². The number of para-hydroxylation sites is 1. The molecule has 0 aliphatic heterocycles. The van der Waals surface area contributed by atoms with Crippen LogP contribution in [0.2, 0.25) is 0 Å². The van der Waals surface area contributed by atoms with Crippen LogP contribution in [-0.4, -0.2) is 39.0 Å². The van der Waals surface area contributed by atoms with Crippen molar-refractivity contribution in [3.8, 4) is 0 Å². The van der Waals surface area contributed by atoms with Crippen molar-refractivity contribution in [3.05, 3.63) is 34.6 Å². The third kappa shape index (κ3) is 5.32. The molecule has 2 N–H and O–H groups in total. The molecule has 0 atom stereocenters. The molecule has 1 aliphatic rings. The van der Waals surface area contributed by atoms with Gasteiger partial charge < -0.3 is 10.4 Å². The summed E-state index contributed by atoms with van der Waals surface area (Å²) in [5.41, 5.74) is 0.570. The molecular weight excluding hydrogens is 362 g/mol. The normalized spacial score (nSPS) is 15.1. The molecule has 1 aliphatic carbocycles. The molecule has 0 radical (unpaired) electrons. The Kier molecular flexibility index (Phi) is 7.29. The van der Waals surface area contributed by atoms with Gasteiger partial charge >= 0.3 is 0 Å². The highest BCUT2D eigenvalue weighted by atomic mass is 32.2. The van der Waals surface area contributed by atoms with Crippen molar-refractivity contribution < 1.29 is 9.90 Å². The molecule has 0 saturated heterocycles. The molecule has 1 aromatic heterocycles. The number of hydrogen-bond acceptors (Lipinski definition) is 5. The summed E-state index contributed by atoms with van der Waals surface area (Å²) >= 11 is 1.43. The Balaban J connectivity index is 1.66. The molecule has 6 nitrogen and oxygen atoms in total. The first kappa shape index (κ1) is 19.9. The summed E-state index contributed by atoms with van der Waals surface area (Å²) in [5.74, 6) is 0.641. The summed E-state index contributed by atoms with van der Waals surface area (Å²) in [6, 6.07) is 7.60. The smallest absolute Gasteiger partial charge is 0.262 e. The lowest BCUT2D eigenvalue weighted by molar-refractivity contribution is -0.121. The number of thioether (sulfide) groups is 1. The SMILES string of the molecule is O=C(CCSc1nc2ccccc2c(=O)n1CCCO)NC1CCCCC1. The lowest BCUT2D eigenvalue weighted by Crippen LogP contribution is -2.36. The van der Waals surface area contributed by atoms with E-state index in [2.05, 4.69) is 10.3 Å². The quantitative estimate of drug-likeness (QED) is 0.536. The second-order valence-electron chi connectivity index (χ2n) is 6.95. The van der Waals surface area contributed by atoms with Crippen LogP contribution >= 0.6 is 11.8 Å². The topological polar surface area (TPSA) is 84.2 Å². The highest BCUT2D eigenvalue weighted by Gasteiger charge is 2.16. The van der Waals surface area contributed by atoms with Gasteiger partial charge in [0.1, 0.15) is 0 Å². The number of hydrogen-bond donors (Lipinski definition) is 2. The average Bonchev–Trinajstić information content (AvgIpc) is 2.68. The summed E-state index contributed by atoms with van der Waals surface area (Å²) in [5, 5.41) is 13.4. The molecular formula is C20H27N3O3S. The summed E-state index contributed by atoms with van der Waals surface area (Å²) in [4.78, 5) is 29.6. The predicted octanol–water partition coefficient (Wildman–Crippen LogP) is 2.71. The summed E-state index contributed by atoms with van der Waals surface area (Å²) in [6.45, 7) is 0.441. The van der Waals surface area contributed by atoms with Crippen LogP contribution in [-0.2, 0) is 11.3 Å². The van der Waals surface area contributed by atoms with Gasteiger partial charge in [0.15, 0.2) is 5.16 Å². The number of nitrogens with zero attached hydrogens (tertiary/aromatic N) is 2. The maximum absolute atomic E-state index is 12.8. The Morgan fingerprint density at radius 3 is 2.81 bits per heavy atom. The minimum Gasteiger partial charge on any atom is -0.396 e. The molecule has 0 spiro atoms. The van der Waals surface area contributed by atoms with E-state index in [4.69, 9.17) is 5.11 Å². The number of aliphatic hydroxyl groups is 1. The van der Waals surface area contributed by atoms with Crippen LogP contribution in [0, 0.1) is 0 Å². The average molecular weight is 390 g/mol. The number of carbonyl (C=O) groups excluding carboxylic acids is 1. The van der Waals surface area contributed by atoms with Gasteiger partial charge in [0.05, 0.1) is 10.9 Å². The van der Waals surface area contributed by atoms with Crippen molar-refractivity contribution in [3.63, 3.8) is 0 Å². The lowest BCUT2D eigenvalue weighted by Gasteiger charge is -2.22. The van der Waals surface area contributed by atoms with Crippen molar-refractivity contribution in [1.29, 1.82) is 0 Å². The van der Waals surface area contributed by atoms with Crippen molar-refractivity contribution in [1.82, 2.24) is 14.9 Å². The Morgan fingerprint density at radius 1 is 1.26 bits per heavy atom.